The summed E-state index contributed by atoms with van der Waals surface area (Å²) in [5, 5.41) is 8.41. The number of carboxylic acid groups (broad SMARTS) is 1. The van der Waals surface area contributed by atoms with Gasteiger partial charge in [0.2, 0.25) is 5.91 Å². The van der Waals surface area contributed by atoms with E-state index in [-0.39, 0.29) is 12.3 Å². The summed E-state index contributed by atoms with van der Waals surface area (Å²) in [7, 11) is 0. The molecule has 1 amide bonds. The van der Waals surface area contributed by atoms with E-state index in [2.05, 4.69) is 0 Å². The van der Waals surface area contributed by atoms with Gasteiger partial charge in [-0.3, -0.25) is 14.5 Å². The maximum Gasteiger partial charge on any atom is 0.376 e. The molecule has 5 heteroatoms. The van der Waals surface area contributed by atoms with Crippen molar-refractivity contribution in [1.29, 1.82) is 0 Å². The van der Waals surface area contributed by atoms with E-state index in [0.717, 1.165) is 11.6 Å². The normalized spacial score (nSPS) is 14.1. The van der Waals surface area contributed by atoms with Gasteiger partial charge in [-0.25, -0.2) is 4.79 Å². The molecule has 1 aliphatic heterocycles. The van der Waals surface area contributed by atoms with Crippen LogP contribution in [0.15, 0.2) is 36.5 Å². The Morgan fingerprint density at radius 1 is 1.29 bits per heavy atom. The summed E-state index contributed by atoms with van der Waals surface area (Å²) in [6, 6.07) is 7.16. The van der Waals surface area contributed by atoms with Crippen LogP contribution in [0.1, 0.15) is 5.56 Å². The van der Waals surface area contributed by atoms with Crippen LogP contribution in [0.2, 0.25) is 0 Å². The van der Waals surface area contributed by atoms with Crippen molar-refractivity contribution in [2.24, 2.45) is 0 Å². The summed E-state index contributed by atoms with van der Waals surface area (Å²) in [4.78, 5) is 34.1. The molecule has 0 saturated carbocycles. The smallest absolute Gasteiger partial charge is 0.376 e. The number of rotatable bonds is 3. The number of carbonyl (C=O) groups is 3. The molecular weight excluding hydrogens is 222 g/mol. The monoisotopic (exact) mass is 231 g/mol. The molecule has 1 aliphatic rings. The summed E-state index contributed by atoms with van der Waals surface area (Å²) < 4.78 is 0. The third kappa shape index (κ3) is 2.08. The minimum atomic E-state index is -1.54. The molecule has 1 heterocycles. The Kier molecular flexibility index (Phi) is 2.74. The van der Waals surface area contributed by atoms with Crippen LogP contribution in [-0.2, 0) is 20.8 Å². The standard InChI is InChI=1S/C12H9NO4/c14-10(12(16)17)5-6-13-9-4-2-1-3-8(9)7-11(13)15/h1-6H,7H2,(H,16,17)/b6-5+. The first kappa shape index (κ1) is 11.1. The largest absolute Gasteiger partial charge is 0.475 e. The second kappa shape index (κ2) is 4.21. The lowest BCUT2D eigenvalue weighted by Crippen LogP contribution is -2.21. The number of anilines is 1. The maximum atomic E-state index is 11.6. The molecule has 0 fully saturated rings. The lowest BCUT2D eigenvalue weighted by atomic mass is 10.2. The van der Waals surface area contributed by atoms with Crippen LogP contribution in [0.5, 0.6) is 0 Å². The molecule has 1 aromatic carbocycles. The van der Waals surface area contributed by atoms with Gasteiger partial charge in [0.15, 0.2) is 0 Å². The van der Waals surface area contributed by atoms with E-state index < -0.39 is 11.8 Å². The number of benzene rings is 1. The van der Waals surface area contributed by atoms with E-state index in [0.29, 0.717) is 5.69 Å². The van der Waals surface area contributed by atoms with Gasteiger partial charge in [0.25, 0.3) is 5.78 Å². The molecule has 0 bridgehead atoms. The number of hydrogen-bond acceptors (Lipinski definition) is 3. The Bertz CT molecular complexity index is 533. The van der Waals surface area contributed by atoms with Crippen LogP contribution in [0.25, 0.3) is 0 Å². The maximum absolute atomic E-state index is 11.6. The highest BCUT2D eigenvalue weighted by Crippen LogP contribution is 2.28. The van der Waals surface area contributed by atoms with Crippen molar-refractivity contribution < 1.29 is 19.5 Å². The highest BCUT2D eigenvalue weighted by atomic mass is 16.4. The molecule has 5 nitrogen and oxygen atoms in total. The van der Waals surface area contributed by atoms with Crippen LogP contribution in [-0.4, -0.2) is 22.8 Å². The van der Waals surface area contributed by atoms with Gasteiger partial charge < -0.3 is 5.11 Å². The number of aliphatic carboxylic acids is 1. The minimum Gasteiger partial charge on any atom is -0.475 e. The molecule has 0 spiro atoms. The Morgan fingerprint density at radius 2 is 2.00 bits per heavy atom. The summed E-state index contributed by atoms with van der Waals surface area (Å²) in [5.74, 6) is -2.77. The number of amides is 1. The van der Waals surface area contributed by atoms with E-state index >= 15 is 0 Å². The number of carboxylic acids is 1. The predicted molar refractivity (Wildman–Crippen MR) is 59.4 cm³/mol. The third-order valence-corrected chi connectivity index (χ3v) is 2.45. The van der Waals surface area contributed by atoms with Gasteiger partial charge in [-0.05, 0) is 11.6 Å². The number of carbonyl (C=O) groups excluding carboxylic acids is 2. The quantitative estimate of drug-likeness (QED) is 0.615. The molecule has 0 aromatic heterocycles. The SMILES string of the molecule is O=C(O)C(=O)/C=C/N1C(=O)Cc2ccccc21. The van der Waals surface area contributed by atoms with Crippen molar-refractivity contribution in [3.63, 3.8) is 0 Å². The van der Waals surface area contributed by atoms with E-state index in [1.807, 2.05) is 12.1 Å². The second-order valence-electron chi connectivity index (χ2n) is 3.55. The zero-order valence-corrected chi connectivity index (χ0v) is 8.79. The number of ketones is 1. The van der Waals surface area contributed by atoms with Gasteiger partial charge in [-0.2, -0.15) is 0 Å². The lowest BCUT2D eigenvalue weighted by molar-refractivity contribution is -0.146. The Labute approximate surface area is 97.0 Å². The number of nitrogens with zero attached hydrogens (tertiary/aromatic N) is 1. The molecule has 0 saturated heterocycles. The molecule has 0 unspecified atom stereocenters. The minimum absolute atomic E-state index is 0.180. The van der Waals surface area contributed by atoms with Gasteiger partial charge in [-0.1, -0.05) is 18.2 Å². The molecule has 1 N–H and O–H groups in total. The van der Waals surface area contributed by atoms with Crippen LogP contribution in [0.4, 0.5) is 5.69 Å². The molecule has 17 heavy (non-hydrogen) atoms. The van der Waals surface area contributed by atoms with Crippen LogP contribution in [0, 0.1) is 0 Å². The van der Waals surface area contributed by atoms with Crippen molar-refractivity contribution in [2.45, 2.75) is 6.42 Å². The van der Waals surface area contributed by atoms with Crippen molar-refractivity contribution in [3.8, 4) is 0 Å². The molecular formula is C12H9NO4. The lowest BCUT2D eigenvalue weighted by Gasteiger charge is -2.10. The summed E-state index contributed by atoms with van der Waals surface area (Å²) in [5.41, 5.74) is 1.55. The topological polar surface area (TPSA) is 74.7 Å². The molecule has 0 atom stereocenters. The second-order valence-corrected chi connectivity index (χ2v) is 3.55. The van der Waals surface area contributed by atoms with E-state index in [4.69, 9.17) is 5.11 Å². The first-order valence-electron chi connectivity index (χ1n) is 4.95. The fourth-order valence-electron chi connectivity index (χ4n) is 1.65. The van der Waals surface area contributed by atoms with Crippen molar-refractivity contribution in [2.75, 3.05) is 4.90 Å². The molecule has 0 radical (unpaired) electrons. The fraction of sp³-hybridized carbons (Fsp3) is 0.0833. The average Bonchev–Trinajstić information content (AvgIpc) is 2.61. The molecule has 2 rings (SSSR count). The van der Waals surface area contributed by atoms with E-state index in [9.17, 15) is 14.4 Å². The summed E-state index contributed by atoms with van der Waals surface area (Å²) in [6.45, 7) is 0. The van der Waals surface area contributed by atoms with Gasteiger partial charge >= 0.3 is 5.97 Å². The van der Waals surface area contributed by atoms with Crippen LogP contribution < -0.4 is 4.90 Å². The van der Waals surface area contributed by atoms with E-state index in [1.165, 1.54) is 11.1 Å². The van der Waals surface area contributed by atoms with Crippen molar-refractivity contribution in [3.05, 3.63) is 42.1 Å². The first-order chi connectivity index (χ1) is 8.09. The Morgan fingerprint density at radius 3 is 2.71 bits per heavy atom. The van der Waals surface area contributed by atoms with Gasteiger partial charge in [-0.15, -0.1) is 0 Å². The Hall–Kier alpha value is -2.43. The van der Waals surface area contributed by atoms with Crippen LogP contribution >= 0.6 is 0 Å². The number of para-hydroxylation sites is 1. The third-order valence-electron chi connectivity index (χ3n) is 2.45. The molecule has 0 aliphatic carbocycles. The Balaban J connectivity index is 2.26. The van der Waals surface area contributed by atoms with E-state index in [1.54, 1.807) is 12.1 Å². The number of fused-ring (bicyclic) bond motifs is 1. The van der Waals surface area contributed by atoms with Gasteiger partial charge in [0, 0.05) is 12.3 Å². The molecule has 86 valence electrons. The fourth-order valence-corrected chi connectivity index (χ4v) is 1.65. The highest BCUT2D eigenvalue weighted by molar-refractivity contribution is 6.37. The van der Waals surface area contributed by atoms with Gasteiger partial charge in [0.05, 0.1) is 12.1 Å². The van der Waals surface area contributed by atoms with Crippen molar-refractivity contribution in [1.82, 2.24) is 0 Å². The summed E-state index contributed by atoms with van der Waals surface area (Å²) >= 11 is 0. The molecule has 1 aromatic rings. The van der Waals surface area contributed by atoms with Gasteiger partial charge in [0.1, 0.15) is 0 Å². The zero-order chi connectivity index (χ0) is 12.4. The predicted octanol–water partition coefficient (Wildman–Crippen LogP) is 0.743. The number of hydrogen-bond donors (Lipinski definition) is 1. The van der Waals surface area contributed by atoms with Crippen LogP contribution in [0.3, 0.4) is 0 Å². The highest BCUT2D eigenvalue weighted by Gasteiger charge is 2.25. The zero-order valence-electron chi connectivity index (χ0n) is 8.79. The summed E-state index contributed by atoms with van der Waals surface area (Å²) in [6.07, 6.45) is 2.34. The van der Waals surface area contributed by atoms with Crippen molar-refractivity contribution >= 4 is 23.3 Å². The average molecular weight is 231 g/mol. The first-order valence-corrected chi connectivity index (χ1v) is 4.95.